The van der Waals surface area contributed by atoms with Crippen molar-refractivity contribution >= 4 is 30.0 Å². The van der Waals surface area contributed by atoms with Crippen molar-refractivity contribution in [2.24, 2.45) is 0 Å². The minimum atomic E-state index is 0. The molecule has 4 aromatic carbocycles. The number of halogens is 2. The van der Waals surface area contributed by atoms with Crippen molar-refractivity contribution in [3.63, 3.8) is 0 Å². The van der Waals surface area contributed by atoms with Crippen LogP contribution in [0.5, 0.6) is 0 Å². The second-order valence-corrected chi connectivity index (χ2v) is 6.64. The van der Waals surface area contributed by atoms with Crippen LogP contribution in [-0.2, 0) is 21.7 Å². The van der Waals surface area contributed by atoms with Crippen molar-refractivity contribution in [2.45, 2.75) is 6.92 Å². The Hall–Kier alpha value is -1.60. The van der Waals surface area contributed by atoms with Crippen LogP contribution in [0, 0.1) is 6.92 Å². The van der Waals surface area contributed by atoms with Gasteiger partial charge in [-0.25, -0.2) is 12.1 Å². The van der Waals surface area contributed by atoms with Gasteiger partial charge in [0.05, 0.1) is 0 Å². The van der Waals surface area contributed by atoms with Crippen molar-refractivity contribution in [3.05, 3.63) is 96.6 Å². The van der Waals surface area contributed by atoms with E-state index in [-0.39, 0.29) is 31.1 Å². The Balaban J connectivity index is 0.000000630. The molecule has 4 heteroatoms. The Kier molecular flexibility index (Phi) is 11.1. The van der Waals surface area contributed by atoms with Gasteiger partial charge >= 0.3 is 21.7 Å². The molecule has 0 nitrogen and oxygen atoms in total. The van der Waals surface area contributed by atoms with Crippen molar-refractivity contribution in [3.8, 4) is 0 Å². The molecule has 4 rings (SSSR count). The summed E-state index contributed by atoms with van der Waals surface area (Å²) in [5.41, 5.74) is 1.39. The molecule has 0 N–H and O–H groups in total. The first-order valence-corrected chi connectivity index (χ1v) is 8.48. The van der Waals surface area contributed by atoms with E-state index in [0.29, 0.717) is 0 Å². The van der Waals surface area contributed by atoms with Crippen molar-refractivity contribution in [1.82, 2.24) is 0 Å². The van der Waals surface area contributed by atoms with E-state index in [2.05, 4.69) is 67.6 Å². The van der Waals surface area contributed by atoms with Crippen molar-refractivity contribution in [2.75, 3.05) is 0 Å². The van der Waals surface area contributed by atoms with Gasteiger partial charge in [-0.3, -0.25) is 0 Å². The first kappa shape index (κ1) is 23.4. The van der Waals surface area contributed by atoms with Crippen molar-refractivity contribution < 1.29 is 31.1 Å². The molecule has 0 saturated heterocycles. The van der Waals surface area contributed by atoms with Gasteiger partial charge in [0, 0.05) is 0 Å². The molecule has 0 amide bonds. The summed E-state index contributed by atoms with van der Waals surface area (Å²) in [4.78, 5) is 0. The first-order valence-electron chi connectivity index (χ1n) is 7.48. The number of benzene rings is 2. The van der Waals surface area contributed by atoms with E-state index in [1.54, 1.807) is 0 Å². The average Bonchev–Trinajstić information content (AvgIpc) is 3.21. The minimum Gasteiger partial charge on any atom is -1.00 e. The molecule has 0 aliphatic heterocycles. The number of hydrogen-bond acceptors (Lipinski definition) is 0. The number of hydrogen-bond donors (Lipinski definition) is 0. The predicted octanol–water partition coefficient (Wildman–Crippen LogP) is -1.09. The second kappa shape index (κ2) is 11.9. The number of aryl methyl sites for hydroxylation is 1. The molecule has 0 bridgehead atoms. The standard InChI is InChI=1S/C16H14P.C5H5.2FH.Ti/c1-12-6-2-5-9-16(12)17-15-10-13-7-3-4-8-14(13)11-15;1-2-4-5-3-1;;;/h2-11,17H,1H3;1-5H;2*1H;/q2*-1;;;+4/p-2. The summed E-state index contributed by atoms with van der Waals surface area (Å²) in [6.45, 7) is 2.19. The first-order chi connectivity index (χ1) is 10.8. The van der Waals surface area contributed by atoms with Gasteiger partial charge in [0.25, 0.3) is 0 Å². The third-order valence-corrected chi connectivity index (χ3v) is 5.01. The van der Waals surface area contributed by atoms with Crippen LogP contribution in [0.1, 0.15) is 5.56 Å². The summed E-state index contributed by atoms with van der Waals surface area (Å²) in [6, 6.07) is 31.8. The van der Waals surface area contributed by atoms with Crippen molar-refractivity contribution in [1.29, 1.82) is 0 Å². The second-order valence-electron chi connectivity index (χ2n) is 5.28. The molecule has 0 fully saturated rings. The number of rotatable bonds is 2. The molecule has 0 heterocycles. The zero-order valence-electron chi connectivity index (χ0n) is 13.9. The van der Waals surface area contributed by atoms with Gasteiger partial charge in [-0.15, -0.1) is 40.3 Å². The molecule has 0 saturated carbocycles. The summed E-state index contributed by atoms with van der Waals surface area (Å²) in [7, 11) is 0.759. The molecular weight excluding hydrogens is 369 g/mol. The molecule has 0 aliphatic rings. The molecule has 0 aromatic heterocycles. The molecule has 126 valence electrons. The normalized spacial score (nSPS) is 9.48. The van der Waals surface area contributed by atoms with Gasteiger partial charge in [0.1, 0.15) is 0 Å². The summed E-state index contributed by atoms with van der Waals surface area (Å²) >= 11 is 0. The fourth-order valence-corrected chi connectivity index (χ4v) is 3.64. The number of fused-ring (bicyclic) bond motifs is 1. The summed E-state index contributed by atoms with van der Waals surface area (Å²) < 4.78 is 0. The SMILES string of the molecule is Cc1ccccc1Pc1cc2ccccc2[cH-]1.[F-].[F-].[Ti+4].c1cc[cH-]c1. The zero-order valence-corrected chi connectivity index (χ0v) is 16.5. The Morgan fingerprint density at radius 1 is 0.800 bits per heavy atom. The molecule has 1 atom stereocenters. The van der Waals surface area contributed by atoms with Gasteiger partial charge in [0.15, 0.2) is 0 Å². The van der Waals surface area contributed by atoms with E-state index < -0.39 is 0 Å². The largest absolute Gasteiger partial charge is 4.00 e. The molecule has 0 aliphatic carbocycles. The van der Waals surface area contributed by atoms with Crippen LogP contribution in [0.3, 0.4) is 0 Å². The van der Waals surface area contributed by atoms with Crippen LogP contribution in [0.15, 0.2) is 91.0 Å². The van der Waals surface area contributed by atoms with Crippen LogP contribution >= 0.6 is 8.58 Å². The Bertz CT molecular complexity index is 788. The maximum Gasteiger partial charge on any atom is 4.00 e. The van der Waals surface area contributed by atoms with E-state index in [1.807, 2.05) is 30.3 Å². The van der Waals surface area contributed by atoms with Crippen LogP contribution < -0.4 is 20.0 Å². The Labute approximate surface area is 164 Å². The Morgan fingerprint density at radius 3 is 2.04 bits per heavy atom. The Morgan fingerprint density at radius 2 is 1.44 bits per heavy atom. The van der Waals surface area contributed by atoms with Crippen LogP contribution in [0.2, 0.25) is 0 Å². The molecule has 1 unspecified atom stereocenters. The topological polar surface area (TPSA) is 0 Å². The van der Waals surface area contributed by atoms with E-state index >= 15 is 0 Å². The average molecular weight is 388 g/mol. The maximum atomic E-state index is 2.31. The maximum absolute atomic E-state index is 2.31. The third-order valence-electron chi connectivity index (χ3n) is 3.60. The van der Waals surface area contributed by atoms with Crippen LogP contribution in [0.4, 0.5) is 0 Å². The summed E-state index contributed by atoms with van der Waals surface area (Å²) in [5, 5.41) is 5.58. The molecule has 25 heavy (non-hydrogen) atoms. The summed E-state index contributed by atoms with van der Waals surface area (Å²) in [6.07, 6.45) is 0. The van der Waals surface area contributed by atoms with Gasteiger partial charge in [-0.2, -0.15) is 24.3 Å². The van der Waals surface area contributed by atoms with Gasteiger partial charge in [0.2, 0.25) is 0 Å². The molecular formula is C21H19F2PTi. The van der Waals surface area contributed by atoms with E-state index in [9.17, 15) is 0 Å². The fourth-order valence-electron chi connectivity index (χ4n) is 2.41. The zero-order chi connectivity index (χ0) is 15.2. The molecule has 0 spiro atoms. The van der Waals surface area contributed by atoms with Gasteiger partial charge in [-0.1, -0.05) is 38.9 Å². The summed E-state index contributed by atoms with van der Waals surface area (Å²) in [5.74, 6) is 0. The minimum absolute atomic E-state index is 0. The van der Waals surface area contributed by atoms with E-state index in [0.717, 1.165) is 8.58 Å². The van der Waals surface area contributed by atoms with Crippen LogP contribution in [-0.4, -0.2) is 0 Å². The van der Waals surface area contributed by atoms with E-state index in [1.165, 1.54) is 26.9 Å². The van der Waals surface area contributed by atoms with Crippen LogP contribution in [0.25, 0.3) is 10.8 Å². The monoisotopic (exact) mass is 388 g/mol. The van der Waals surface area contributed by atoms with Gasteiger partial charge < -0.3 is 9.41 Å². The quantitative estimate of drug-likeness (QED) is 0.233. The van der Waals surface area contributed by atoms with E-state index in [4.69, 9.17) is 0 Å². The van der Waals surface area contributed by atoms with Gasteiger partial charge in [-0.05, 0) is 17.8 Å². The smallest absolute Gasteiger partial charge is 1.00 e. The molecule has 4 aromatic rings. The molecule has 0 radical (unpaired) electrons. The third kappa shape index (κ3) is 6.67. The predicted molar refractivity (Wildman–Crippen MR) is 100 cm³/mol. The fraction of sp³-hybridized carbons (Fsp3) is 0.0476.